The molecule has 0 bridgehead atoms. The van der Waals surface area contributed by atoms with E-state index in [1.165, 1.54) is 41.8 Å². The van der Waals surface area contributed by atoms with Crippen LogP contribution in [0, 0.1) is 0 Å². The number of benzene rings is 2. The zero-order valence-corrected chi connectivity index (χ0v) is 20.9. The van der Waals surface area contributed by atoms with Gasteiger partial charge in [-0.15, -0.1) is 0 Å². The third-order valence-electron chi connectivity index (χ3n) is 6.59. The number of amides is 1. The van der Waals surface area contributed by atoms with Crippen LogP contribution >= 0.6 is 0 Å². The average molecular weight is 496 g/mol. The Balaban J connectivity index is 1.54. The summed E-state index contributed by atoms with van der Waals surface area (Å²) in [5, 5.41) is 4.12. The number of carbonyl (C=O) groups is 2. The first kappa shape index (κ1) is 24.7. The van der Waals surface area contributed by atoms with Crippen molar-refractivity contribution < 1.29 is 18.0 Å². The van der Waals surface area contributed by atoms with Gasteiger partial charge in [0, 0.05) is 19.2 Å². The molecule has 2 heterocycles. The lowest BCUT2D eigenvalue weighted by atomic mass is 10.0. The largest absolute Gasteiger partial charge is 0.338 e. The molecule has 1 saturated heterocycles. The number of sulfonamides is 1. The van der Waals surface area contributed by atoms with Gasteiger partial charge in [0.2, 0.25) is 15.9 Å². The molecule has 9 nitrogen and oxygen atoms in total. The number of rotatable bonds is 7. The van der Waals surface area contributed by atoms with Crippen molar-refractivity contribution in [2.75, 3.05) is 13.6 Å². The maximum atomic E-state index is 13.6. The first-order valence-corrected chi connectivity index (χ1v) is 13.0. The molecule has 4 rings (SSSR count). The first-order chi connectivity index (χ1) is 16.7. The summed E-state index contributed by atoms with van der Waals surface area (Å²) in [5.41, 5.74) is 2.22. The quantitative estimate of drug-likeness (QED) is 0.466. The molecule has 184 valence electrons. The molecular formula is C25H29N5O4S. The van der Waals surface area contributed by atoms with E-state index in [0.29, 0.717) is 18.4 Å². The normalized spacial score (nSPS) is 17.6. The predicted molar refractivity (Wildman–Crippen MR) is 131 cm³/mol. The van der Waals surface area contributed by atoms with Gasteiger partial charge in [-0.3, -0.25) is 9.59 Å². The first-order valence-electron chi connectivity index (χ1n) is 11.5. The standard InChI is InChI=1S/C25H29N5O4S/c1-18(20-7-11-22(12-8-20)29-17-26-16-27-29)28(3)25(32)24-6-4-5-15-30(24)35(33,34)23-13-9-21(10-14-23)19(2)31/h7-14,16-18,24H,4-6,15H2,1-3H3. The number of aromatic nitrogens is 3. The molecule has 10 heteroatoms. The Hall–Kier alpha value is -3.37. The van der Waals surface area contributed by atoms with Gasteiger partial charge in [-0.25, -0.2) is 18.1 Å². The van der Waals surface area contributed by atoms with Crippen LogP contribution in [-0.2, 0) is 14.8 Å². The van der Waals surface area contributed by atoms with E-state index >= 15 is 0 Å². The highest BCUT2D eigenvalue weighted by molar-refractivity contribution is 7.89. The number of carbonyl (C=O) groups excluding carboxylic acids is 2. The van der Waals surface area contributed by atoms with Crippen molar-refractivity contribution in [2.24, 2.45) is 0 Å². The molecule has 0 spiro atoms. The molecule has 1 aromatic heterocycles. The highest BCUT2D eigenvalue weighted by atomic mass is 32.2. The average Bonchev–Trinajstić information content (AvgIpc) is 3.42. The van der Waals surface area contributed by atoms with Gasteiger partial charge in [-0.1, -0.05) is 30.7 Å². The monoisotopic (exact) mass is 495 g/mol. The Labute approximate surface area is 205 Å². The smallest absolute Gasteiger partial charge is 0.243 e. The van der Waals surface area contributed by atoms with E-state index in [9.17, 15) is 18.0 Å². The summed E-state index contributed by atoms with van der Waals surface area (Å²) < 4.78 is 29.9. The summed E-state index contributed by atoms with van der Waals surface area (Å²) in [7, 11) is -2.19. The second-order valence-electron chi connectivity index (χ2n) is 8.76. The van der Waals surface area contributed by atoms with Crippen LogP contribution in [0.2, 0.25) is 0 Å². The van der Waals surface area contributed by atoms with Crippen molar-refractivity contribution in [1.82, 2.24) is 24.0 Å². The Morgan fingerprint density at radius 1 is 1.06 bits per heavy atom. The molecule has 1 aliphatic heterocycles. The van der Waals surface area contributed by atoms with Crippen molar-refractivity contribution in [1.29, 1.82) is 0 Å². The Kier molecular flexibility index (Phi) is 7.13. The maximum Gasteiger partial charge on any atom is 0.243 e. The van der Waals surface area contributed by atoms with Crippen LogP contribution in [0.25, 0.3) is 5.69 Å². The van der Waals surface area contributed by atoms with Crippen molar-refractivity contribution >= 4 is 21.7 Å². The van der Waals surface area contributed by atoms with Crippen molar-refractivity contribution in [3.63, 3.8) is 0 Å². The molecule has 35 heavy (non-hydrogen) atoms. The zero-order chi connectivity index (χ0) is 25.2. The van der Waals surface area contributed by atoms with Gasteiger partial charge in [0.15, 0.2) is 5.78 Å². The minimum absolute atomic E-state index is 0.0848. The molecule has 0 radical (unpaired) electrons. The topological polar surface area (TPSA) is 105 Å². The van der Waals surface area contributed by atoms with Gasteiger partial charge in [-0.2, -0.15) is 9.40 Å². The fourth-order valence-electron chi connectivity index (χ4n) is 4.33. The lowest BCUT2D eigenvalue weighted by Crippen LogP contribution is -2.52. The molecule has 3 aromatic rings. The van der Waals surface area contributed by atoms with Gasteiger partial charge >= 0.3 is 0 Å². The van der Waals surface area contributed by atoms with Gasteiger partial charge < -0.3 is 4.90 Å². The molecule has 0 saturated carbocycles. The number of hydrogen-bond acceptors (Lipinski definition) is 6. The molecule has 1 amide bonds. The van der Waals surface area contributed by atoms with E-state index in [4.69, 9.17) is 0 Å². The fraction of sp³-hybridized carbons (Fsp3) is 0.360. The van der Waals surface area contributed by atoms with Crippen molar-refractivity contribution in [3.05, 3.63) is 72.3 Å². The van der Waals surface area contributed by atoms with Gasteiger partial charge in [0.05, 0.1) is 16.6 Å². The van der Waals surface area contributed by atoms with E-state index in [1.807, 2.05) is 31.2 Å². The van der Waals surface area contributed by atoms with Crippen LogP contribution in [0.4, 0.5) is 0 Å². The van der Waals surface area contributed by atoms with Crippen molar-refractivity contribution in [2.45, 2.75) is 50.1 Å². The van der Waals surface area contributed by atoms with Crippen molar-refractivity contribution in [3.8, 4) is 5.69 Å². The lowest BCUT2D eigenvalue weighted by molar-refractivity contribution is -0.136. The lowest BCUT2D eigenvalue weighted by Gasteiger charge is -2.37. The van der Waals surface area contributed by atoms with Gasteiger partial charge in [0.1, 0.15) is 18.7 Å². The molecule has 2 atom stereocenters. The predicted octanol–water partition coefficient (Wildman–Crippen LogP) is 3.23. The Bertz CT molecular complexity index is 1290. The summed E-state index contributed by atoms with van der Waals surface area (Å²) in [6, 6.07) is 12.5. The second-order valence-corrected chi connectivity index (χ2v) is 10.7. The molecule has 2 unspecified atom stereocenters. The number of piperidine rings is 1. The highest BCUT2D eigenvalue weighted by Crippen LogP contribution is 2.29. The van der Waals surface area contributed by atoms with E-state index in [1.54, 1.807) is 23.0 Å². The molecule has 0 N–H and O–H groups in total. The summed E-state index contributed by atoms with van der Waals surface area (Å²) in [5.74, 6) is -0.369. The van der Waals surface area contributed by atoms with E-state index in [-0.39, 0.29) is 29.2 Å². The summed E-state index contributed by atoms with van der Waals surface area (Å²) in [6.45, 7) is 3.63. The van der Waals surface area contributed by atoms with Crippen LogP contribution in [0.15, 0.2) is 66.1 Å². The number of ketones is 1. The highest BCUT2D eigenvalue weighted by Gasteiger charge is 2.39. The molecule has 0 aliphatic carbocycles. The van der Waals surface area contributed by atoms with Crippen LogP contribution < -0.4 is 0 Å². The van der Waals surface area contributed by atoms with E-state index < -0.39 is 16.1 Å². The number of Topliss-reactive ketones (excluding diaryl/α,β-unsaturated/α-hetero) is 1. The number of likely N-dealkylation sites (N-methyl/N-ethyl adjacent to an activating group) is 1. The molecule has 1 aliphatic rings. The third-order valence-corrected chi connectivity index (χ3v) is 8.52. The minimum atomic E-state index is -3.89. The fourth-order valence-corrected chi connectivity index (χ4v) is 5.98. The molecular weight excluding hydrogens is 466 g/mol. The SMILES string of the molecule is CC(=O)c1ccc(S(=O)(=O)N2CCCCC2C(=O)N(C)C(C)c2ccc(-n3cncn3)cc2)cc1. The summed E-state index contributed by atoms with van der Waals surface area (Å²) in [4.78, 5) is 30.8. The van der Waals surface area contributed by atoms with E-state index in [0.717, 1.165) is 17.7 Å². The van der Waals surface area contributed by atoms with Crippen LogP contribution in [0.5, 0.6) is 0 Å². The summed E-state index contributed by atoms with van der Waals surface area (Å²) in [6.07, 6.45) is 5.01. The number of nitrogens with zero attached hydrogens (tertiary/aromatic N) is 5. The third kappa shape index (κ3) is 5.03. The Morgan fingerprint density at radius 3 is 2.34 bits per heavy atom. The molecule has 1 fully saturated rings. The molecule has 2 aromatic carbocycles. The van der Waals surface area contributed by atoms with Crippen LogP contribution in [0.1, 0.15) is 55.1 Å². The summed E-state index contributed by atoms with van der Waals surface area (Å²) >= 11 is 0. The number of hydrogen-bond donors (Lipinski definition) is 0. The van der Waals surface area contributed by atoms with E-state index in [2.05, 4.69) is 10.1 Å². The zero-order valence-electron chi connectivity index (χ0n) is 20.0. The Morgan fingerprint density at radius 2 is 1.74 bits per heavy atom. The maximum absolute atomic E-state index is 13.6. The minimum Gasteiger partial charge on any atom is -0.338 e. The van der Waals surface area contributed by atoms with Gasteiger partial charge in [0.25, 0.3) is 0 Å². The van der Waals surface area contributed by atoms with Crippen LogP contribution in [0.3, 0.4) is 0 Å². The van der Waals surface area contributed by atoms with Crippen LogP contribution in [-0.4, -0.2) is 63.7 Å². The van der Waals surface area contributed by atoms with Gasteiger partial charge in [-0.05, 0) is 56.5 Å². The second kappa shape index (κ2) is 10.1.